The van der Waals surface area contributed by atoms with E-state index < -0.39 is 47.9 Å². The van der Waals surface area contributed by atoms with Gasteiger partial charge in [-0.25, -0.2) is 4.79 Å². The maximum absolute atomic E-state index is 12.9. The van der Waals surface area contributed by atoms with Gasteiger partial charge >= 0.3 is 5.97 Å². The van der Waals surface area contributed by atoms with Gasteiger partial charge in [0.1, 0.15) is 18.1 Å². The predicted octanol–water partition coefficient (Wildman–Crippen LogP) is -0.926. The smallest absolute Gasteiger partial charge is 0.326 e. The Bertz CT molecular complexity index is 618. The van der Waals surface area contributed by atoms with Crippen molar-refractivity contribution in [3.8, 4) is 0 Å². The molecule has 0 aromatic heterocycles. The molecule has 1 fully saturated rings. The average Bonchev–Trinajstić information content (AvgIpc) is 3.20. The third kappa shape index (κ3) is 7.44. The molecule has 3 amide bonds. The first-order valence-corrected chi connectivity index (χ1v) is 11.0. The lowest BCUT2D eigenvalue weighted by Crippen LogP contribution is -2.58. The van der Waals surface area contributed by atoms with E-state index in [9.17, 15) is 24.3 Å². The van der Waals surface area contributed by atoms with Gasteiger partial charge in [-0.3, -0.25) is 14.4 Å². The Morgan fingerprint density at radius 2 is 1.77 bits per heavy atom. The highest BCUT2D eigenvalue weighted by molar-refractivity contribution is 7.80. The summed E-state index contributed by atoms with van der Waals surface area (Å²) >= 11 is 4.15. The van der Waals surface area contributed by atoms with E-state index in [-0.39, 0.29) is 11.7 Å². The zero-order valence-electron chi connectivity index (χ0n) is 17.7. The van der Waals surface area contributed by atoms with Crippen molar-refractivity contribution in [2.45, 2.75) is 70.1 Å². The maximum atomic E-state index is 12.9. The molecule has 7 N–H and O–H groups in total. The first-order valence-electron chi connectivity index (χ1n) is 10.3. The average molecular weight is 446 g/mol. The number of nitrogens with two attached hydrogens (primary N) is 2. The van der Waals surface area contributed by atoms with Crippen LogP contribution in [0.3, 0.4) is 0 Å². The number of nitrogens with zero attached hydrogens (tertiary/aromatic N) is 1. The second-order valence-corrected chi connectivity index (χ2v) is 8.25. The monoisotopic (exact) mass is 445 g/mol. The van der Waals surface area contributed by atoms with E-state index in [1.807, 2.05) is 0 Å². The minimum atomic E-state index is -1.07. The van der Waals surface area contributed by atoms with Gasteiger partial charge in [-0.2, -0.15) is 12.6 Å². The Kier molecular flexibility index (Phi) is 11.1. The maximum Gasteiger partial charge on any atom is 0.326 e. The van der Waals surface area contributed by atoms with Crippen LogP contribution < -0.4 is 22.1 Å². The van der Waals surface area contributed by atoms with E-state index in [2.05, 4.69) is 23.3 Å². The summed E-state index contributed by atoms with van der Waals surface area (Å²) in [5.41, 5.74) is 11.4. The van der Waals surface area contributed by atoms with Crippen molar-refractivity contribution in [1.29, 1.82) is 0 Å². The van der Waals surface area contributed by atoms with Gasteiger partial charge in [0.2, 0.25) is 17.7 Å². The third-order valence-electron chi connectivity index (χ3n) is 5.22. The summed E-state index contributed by atoms with van der Waals surface area (Å²) < 4.78 is 0. The minimum Gasteiger partial charge on any atom is -0.480 e. The van der Waals surface area contributed by atoms with E-state index >= 15 is 0 Å². The summed E-state index contributed by atoms with van der Waals surface area (Å²) in [5.74, 6) is -2.64. The van der Waals surface area contributed by atoms with E-state index in [1.54, 1.807) is 13.8 Å². The van der Waals surface area contributed by atoms with Crippen molar-refractivity contribution in [3.05, 3.63) is 0 Å². The third-order valence-corrected chi connectivity index (χ3v) is 5.58. The summed E-state index contributed by atoms with van der Waals surface area (Å²) in [6.45, 7) is 4.38. The molecule has 0 aliphatic carbocycles. The minimum absolute atomic E-state index is 0.00237. The number of carbonyl (C=O) groups excluding carboxylic acids is 3. The summed E-state index contributed by atoms with van der Waals surface area (Å²) in [4.78, 5) is 50.6. The van der Waals surface area contributed by atoms with Gasteiger partial charge in [-0.15, -0.1) is 0 Å². The number of unbranched alkanes of at least 4 members (excludes halogenated alkanes) is 1. The van der Waals surface area contributed by atoms with E-state index in [0.717, 1.165) is 0 Å². The van der Waals surface area contributed by atoms with Crippen LogP contribution in [0.5, 0.6) is 0 Å². The molecule has 172 valence electrons. The molecule has 0 aromatic rings. The number of carboxylic acids is 1. The molecule has 1 saturated heterocycles. The summed E-state index contributed by atoms with van der Waals surface area (Å²) in [5, 5.41) is 14.6. The number of hydrogen-bond acceptors (Lipinski definition) is 7. The highest BCUT2D eigenvalue weighted by atomic mass is 32.1. The van der Waals surface area contributed by atoms with Crippen LogP contribution in [0.2, 0.25) is 0 Å². The van der Waals surface area contributed by atoms with E-state index in [1.165, 1.54) is 4.90 Å². The summed E-state index contributed by atoms with van der Waals surface area (Å²) in [6.07, 6.45) is 2.59. The number of aliphatic carboxylic acids is 1. The van der Waals surface area contributed by atoms with E-state index in [0.29, 0.717) is 45.2 Å². The molecule has 4 unspecified atom stereocenters. The molecule has 30 heavy (non-hydrogen) atoms. The number of nitrogens with one attached hydrogen (secondary N) is 2. The molecule has 0 aromatic carbocycles. The molecule has 1 aliphatic heterocycles. The fraction of sp³-hybridized carbons (Fsp3) is 0.789. The van der Waals surface area contributed by atoms with Crippen molar-refractivity contribution in [3.63, 3.8) is 0 Å². The topological polar surface area (TPSA) is 168 Å². The van der Waals surface area contributed by atoms with Crippen molar-refractivity contribution in [2.24, 2.45) is 17.4 Å². The van der Waals surface area contributed by atoms with Crippen LogP contribution in [0.1, 0.15) is 46.0 Å². The molecule has 11 heteroatoms. The Hall–Kier alpha value is -1.85. The summed E-state index contributed by atoms with van der Waals surface area (Å²) in [6, 6.07) is -3.54. The normalized spacial score (nSPS) is 19.3. The Balaban J connectivity index is 2.86. The zero-order valence-corrected chi connectivity index (χ0v) is 18.6. The molecular formula is C19H35N5O5S. The van der Waals surface area contributed by atoms with Crippen LogP contribution >= 0.6 is 12.6 Å². The fourth-order valence-corrected chi connectivity index (χ4v) is 3.52. The second kappa shape index (κ2) is 12.8. The van der Waals surface area contributed by atoms with E-state index in [4.69, 9.17) is 11.5 Å². The number of rotatable bonds is 12. The van der Waals surface area contributed by atoms with Crippen molar-refractivity contribution in [1.82, 2.24) is 15.5 Å². The van der Waals surface area contributed by atoms with Gasteiger partial charge in [0.15, 0.2) is 0 Å². The molecule has 0 saturated carbocycles. The SMILES string of the molecule is CC(C)C(N)C(=O)NC(CCCCN)C(=O)NC(CS)C(=O)N1CCCC1C(=O)O. The van der Waals surface area contributed by atoms with Crippen molar-refractivity contribution in [2.75, 3.05) is 18.8 Å². The first kappa shape index (κ1) is 26.2. The Morgan fingerprint density at radius 3 is 2.30 bits per heavy atom. The van der Waals surface area contributed by atoms with Gasteiger partial charge in [-0.1, -0.05) is 13.8 Å². The van der Waals surface area contributed by atoms with Gasteiger partial charge in [-0.05, 0) is 44.6 Å². The lowest BCUT2D eigenvalue weighted by atomic mass is 10.0. The number of hydrogen-bond donors (Lipinski definition) is 6. The molecule has 0 spiro atoms. The molecule has 4 atom stereocenters. The van der Waals surface area contributed by atoms with Crippen LogP contribution in [0, 0.1) is 5.92 Å². The highest BCUT2D eigenvalue weighted by Gasteiger charge is 2.38. The van der Waals surface area contributed by atoms with Crippen LogP contribution in [0.15, 0.2) is 0 Å². The van der Waals surface area contributed by atoms with Crippen LogP contribution in [0.4, 0.5) is 0 Å². The first-order chi connectivity index (χ1) is 14.1. The fourth-order valence-electron chi connectivity index (χ4n) is 3.28. The number of carbonyl (C=O) groups is 4. The Labute approximate surface area is 182 Å². The number of carboxylic acid groups (broad SMARTS) is 1. The van der Waals surface area contributed by atoms with Gasteiger partial charge in [0.05, 0.1) is 6.04 Å². The predicted molar refractivity (Wildman–Crippen MR) is 116 cm³/mol. The van der Waals surface area contributed by atoms with Gasteiger partial charge in [0, 0.05) is 12.3 Å². The van der Waals surface area contributed by atoms with Crippen molar-refractivity contribution >= 4 is 36.3 Å². The quantitative estimate of drug-likeness (QED) is 0.167. The standard InChI is InChI=1S/C19H35N5O5S/c1-11(2)15(21)17(26)22-12(6-3-4-8-20)16(25)23-13(10-30)18(27)24-9-5-7-14(24)19(28)29/h11-15,30H,3-10,20-21H2,1-2H3,(H,22,26)(H,23,25)(H,28,29). The van der Waals surface area contributed by atoms with Crippen LogP contribution in [-0.4, -0.2) is 76.7 Å². The van der Waals surface area contributed by atoms with Crippen LogP contribution in [-0.2, 0) is 19.2 Å². The molecule has 10 nitrogen and oxygen atoms in total. The van der Waals surface area contributed by atoms with Gasteiger partial charge < -0.3 is 32.1 Å². The molecule has 0 radical (unpaired) electrons. The second-order valence-electron chi connectivity index (χ2n) is 7.89. The molecule has 0 bridgehead atoms. The lowest BCUT2D eigenvalue weighted by Gasteiger charge is -2.28. The van der Waals surface area contributed by atoms with Crippen molar-refractivity contribution < 1.29 is 24.3 Å². The number of thiol groups is 1. The van der Waals surface area contributed by atoms with Crippen LogP contribution in [0.25, 0.3) is 0 Å². The highest BCUT2D eigenvalue weighted by Crippen LogP contribution is 2.19. The molecule has 1 heterocycles. The van der Waals surface area contributed by atoms with Gasteiger partial charge in [0.25, 0.3) is 0 Å². The molecule has 1 rings (SSSR count). The Morgan fingerprint density at radius 1 is 1.13 bits per heavy atom. The largest absolute Gasteiger partial charge is 0.480 e. The lowest BCUT2D eigenvalue weighted by molar-refractivity contribution is -0.149. The molecule has 1 aliphatic rings. The molecular weight excluding hydrogens is 410 g/mol. The zero-order chi connectivity index (χ0) is 22.8. The number of amides is 3. The number of likely N-dealkylation sites (tertiary alicyclic amines) is 1. The summed E-state index contributed by atoms with van der Waals surface area (Å²) in [7, 11) is 0.